The highest BCUT2D eigenvalue weighted by atomic mass is 16.5. The summed E-state index contributed by atoms with van der Waals surface area (Å²) in [7, 11) is 2.03. The van der Waals surface area contributed by atoms with Crippen molar-refractivity contribution in [2.24, 2.45) is 34.5 Å². The van der Waals surface area contributed by atoms with E-state index in [-0.39, 0.29) is 16.7 Å². The van der Waals surface area contributed by atoms with Gasteiger partial charge >= 0.3 is 0 Å². The van der Waals surface area contributed by atoms with Gasteiger partial charge in [-0.05, 0) is 73.5 Å². The monoisotopic (exact) mass is 402 g/mol. The summed E-state index contributed by atoms with van der Waals surface area (Å²) in [5.41, 5.74) is 0.426. The van der Waals surface area contributed by atoms with Crippen LogP contribution in [0.25, 0.3) is 0 Å². The molecule has 5 rings (SSSR count). The average Bonchev–Trinajstić information content (AvgIpc) is 3.08. The predicted octanol–water partition coefficient (Wildman–Crippen LogP) is 3.32. The summed E-state index contributed by atoms with van der Waals surface area (Å²) in [5.74, 6) is 3.07. The van der Waals surface area contributed by atoms with Gasteiger partial charge in [-0.1, -0.05) is 13.8 Å². The number of piperidine rings is 1. The molecule has 29 heavy (non-hydrogen) atoms. The van der Waals surface area contributed by atoms with Crippen LogP contribution in [0.2, 0.25) is 0 Å². The first-order valence-corrected chi connectivity index (χ1v) is 12.0. The molecule has 7 atom stereocenters. The van der Waals surface area contributed by atoms with Gasteiger partial charge in [-0.15, -0.1) is 0 Å². The van der Waals surface area contributed by atoms with Crippen molar-refractivity contribution in [3.05, 3.63) is 0 Å². The van der Waals surface area contributed by atoms with Gasteiger partial charge in [0.2, 0.25) is 11.8 Å². The third-order valence-electron chi connectivity index (χ3n) is 10.2. The minimum Gasteiger partial charge on any atom is -0.378 e. The summed E-state index contributed by atoms with van der Waals surface area (Å²) in [5, 5.41) is 0. The first-order valence-electron chi connectivity index (χ1n) is 12.0. The Morgan fingerprint density at radius 2 is 1.69 bits per heavy atom. The fraction of sp³-hybridized carbons (Fsp3) is 0.917. The van der Waals surface area contributed by atoms with Crippen molar-refractivity contribution in [1.29, 1.82) is 0 Å². The van der Waals surface area contributed by atoms with Gasteiger partial charge < -0.3 is 14.5 Å². The molecule has 5 fully saturated rings. The molecular formula is C24H38N2O3. The summed E-state index contributed by atoms with van der Waals surface area (Å²) < 4.78 is 5.47. The maximum absolute atomic E-state index is 13.4. The number of fused-ring (bicyclic) bond motifs is 5. The van der Waals surface area contributed by atoms with E-state index in [0.717, 1.165) is 38.3 Å². The summed E-state index contributed by atoms with van der Waals surface area (Å²) in [6, 6.07) is 0.418. The number of amides is 2. The van der Waals surface area contributed by atoms with Crippen molar-refractivity contribution < 1.29 is 14.3 Å². The maximum Gasteiger partial charge on any atom is 0.226 e. The number of hydrogen-bond acceptors (Lipinski definition) is 3. The molecule has 2 saturated heterocycles. The molecule has 0 N–H and O–H groups in total. The Morgan fingerprint density at radius 3 is 2.45 bits per heavy atom. The van der Waals surface area contributed by atoms with Gasteiger partial charge in [-0.2, -0.15) is 0 Å². The standard InChI is InChI=1S/C24H38N2O3/c1-23-10-8-18-16(4-7-20-24(18,2)11-9-21(27)25(20)3)17(23)5-6-19(23)22(28)26-12-14-29-15-13-26/h16-20H,4-15H2,1-3H3/t16-,17-,18-,19+,20?,23-,24+/m0/s1. The first kappa shape index (κ1) is 19.8. The third kappa shape index (κ3) is 2.82. The molecule has 2 aliphatic heterocycles. The van der Waals surface area contributed by atoms with Crippen LogP contribution in [0.4, 0.5) is 0 Å². The van der Waals surface area contributed by atoms with Gasteiger partial charge in [-0.25, -0.2) is 0 Å². The Balaban J connectivity index is 1.37. The van der Waals surface area contributed by atoms with Crippen LogP contribution in [-0.4, -0.2) is 61.0 Å². The number of carbonyl (C=O) groups excluding carboxylic acids is 2. The third-order valence-corrected chi connectivity index (χ3v) is 10.2. The van der Waals surface area contributed by atoms with Crippen LogP contribution < -0.4 is 0 Å². The van der Waals surface area contributed by atoms with E-state index in [1.165, 1.54) is 25.7 Å². The van der Waals surface area contributed by atoms with E-state index in [1.54, 1.807) is 0 Å². The molecule has 5 nitrogen and oxygen atoms in total. The maximum atomic E-state index is 13.4. The van der Waals surface area contributed by atoms with E-state index >= 15 is 0 Å². The lowest BCUT2D eigenvalue weighted by atomic mass is 9.47. The molecule has 0 aromatic heterocycles. The van der Waals surface area contributed by atoms with E-state index in [9.17, 15) is 9.59 Å². The topological polar surface area (TPSA) is 49.9 Å². The minimum atomic E-state index is 0.163. The zero-order valence-corrected chi connectivity index (χ0v) is 18.5. The van der Waals surface area contributed by atoms with Crippen LogP contribution in [0.1, 0.15) is 65.2 Å². The van der Waals surface area contributed by atoms with E-state index in [0.29, 0.717) is 49.3 Å². The summed E-state index contributed by atoms with van der Waals surface area (Å²) in [6.07, 6.45) is 8.86. The molecule has 162 valence electrons. The quantitative estimate of drug-likeness (QED) is 0.676. The molecule has 3 saturated carbocycles. The first-order chi connectivity index (χ1) is 13.9. The van der Waals surface area contributed by atoms with Crippen molar-refractivity contribution in [1.82, 2.24) is 9.80 Å². The Morgan fingerprint density at radius 1 is 0.966 bits per heavy atom. The Hall–Kier alpha value is -1.10. The molecule has 0 aromatic carbocycles. The molecule has 0 bridgehead atoms. The number of ether oxygens (including phenoxy) is 1. The lowest BCUT2D eigenvalue weighted by Gasteiger charge is -2.61. The molecule has 3 aliphatic carbocycles. The van der Waals surface area contributed by atoms with Crippen molar-refractivity contribution >= 4 is 11.8 Å². The minimum absolute atomic E-state index is 0.163. The second-order valence-corrected chi connectivity index (χ2v) is 11.1. The zero-order valence-electron chi connectivity index (χ0n) is 18.5. The SMILES string of the molecule is CN1C(=O)CC[C@@]2(C)C1CC[C@H]1[C@@H]3CC[C@H](C(=O)N4CCOCC4)[C@@]3(C)CC[C@@H]12. The number of nitrogens with zero attached hydrogens (tertiary/aromatic N) is 2. The van der Waals surface area contributed by atoms with E-state index in [1.807, 2.05) is 7.05 Å². The Kier molecular flexibility index (Phi) is 4.76. The van der Waals surface area contributed by atoms with Crippen LogP contribution in [0.3, 0.4) is 0 Å². The molecule has 2 amide bonds. The normalized spacial score (nSPS) is 47.4. The molecular weight excluding hydrogens is 364 g/mol. The predicted molar refractivity (Wildman–Crippen MR) is 111 cm³/mol. The van der Waals surface area contributed by atoms with Crippen LogP contribution in [0.5, 0.6) is 0 Å². The molecule has 1 unspecified atom stereocenters. The van der Waals surface area contributed by atoms with Gasteiger partial charge in [-0.3, -0.25) is 9.59 Å². The largest absolute Gasteiger partial charge is 0.378 e. The second kappa shape index (κ2) is 6.96. The van der Waals surface area contributed by atoms with Gasteiger partial charge in [0, 0.05) is 38.5 Å². The lowest BCUT2D eigenvalue weighted by Crippen LogP contribution is -2.61. The van der Waals surface area contributed by atoms with Gasteiger partial charge in [0.05, 0.1) is 13.2 Å². The van der Waals surface area contributed by atoms with Crippen LogP contribution in [0, 0.1) is 34.5 Å². The highest BCUT2D eigenvalue weighted by molar-refractivity contribution is 5.80. The highest BCUT2D eigenvalue weighted by Gasteiger charge is 2.62. The number of rotatable bonds is 1. The summed E-state index contributed by atoms with van der Waals surface area (Å²) in [4.78, 5) is 29.9. The van der Waals surface area contributed by atoms with E-state index in [2.05, 4.69) is 23.6 Å². The smallest absolute Gasteiger partial charge is 0.226 e. The van der Waals surface area contributed by atoms with Crippen LogP contribution in [0.15, 0.2) is 0 Å². The van der Waals surface area contributed by atoms with E-state index in [4.69, 9.17) is 4.74 Å². The van der Waals surface area contributed by atoms with Crippen molar-refractivity contribution in [2.75, 3.05) is 33.4 Å². The number of morpholine rings is 1. The Labute approximate surface area is 175 Å². The Bertz CT molecular complexity index is 690. The fourth-order valence-electron chi connectivity index (χ4n) is 8.56. The number of likely N-dealkylation sites (tertiary alicyclic amines) is 1. The van der Waals surface area contributed by atoms with Crippen molar-refractivity contribution in [3.63, 3.8) is 0 Å². The molecule has 2 heterocycles. The molecule has 5 aliphatic rings. The fourth-order valence-corrected chi connectivity index (χ4v) is 8.56. The van der Waals surface area contributed by atoms with Gasteiger partial charge in [0.25, 0.3) is 0 Å². The van der Waals surface area contributed by atoms with Crippen LogP contribution >= 0.6 is 0 Å². The average molecular weight is 403 g/mol. The van der Waals surface area contributed by atoms with Gasteiger partial charge in [0.1, 0.15) is 0 Å². The number of carbonyl (C=O) groups is 2. The van der Waals surface area contributed by atoms with E-state index < -0.39 is 0 Å². The summed E-state index contributed by atoms with van der Waals surface area (Å²) in [6.45, 7) is 7.83. The van der Waals surface area contributed by atoms with Crippen molar-refractivity contribution in [2.45, 2.75) is 71.3 Å². The molecule has 5 heteroatoms. The molecule has 0 spiro atoms. The zero-order chi connectivity index (χ0) is 20.4. The second-order valence-electron chi connectivity index (χ2n) is 11.1. The molecule has 0 aromatic rings. The van der Waals surface area contributed by atoms with Gasteiger partial charge in [0.15, 0.2) is 0 Å². The lowest BCUT2D eigenvalue weighted by molar-refractivity contribution is -0.162. The number of hydrogen-bond donors (Lipinski definition) is 0. The highest BCUT2D eigenvalue weighted by Crippen LogP contribution is 2.66. The molecule has 0 radical (unpaired) electrons. The van der Waals surface area contributed by atoms with Crippen molar-refractivity contribution in [3.8, 4) is 0 Å². The summed E-state index contributed by atoms with van der Waals surface area (Å²) >= 11 is 0. The van der Waals surface area contributed by atoms with Crippen LogP contribution in [-0.2, 0) is 14.3 Å².